The highest BCUT2D eigenvalue weighted by Crippen LogP contribution is 2.15. The van der Waals surface area contributed by atoms with Gasteiger partial charge in [-0.25, -0.2) is 0 Å². The third kappa shape index (κ3) is 4.35. The lowest BCUT2D eigenvalue weighted by atomic mass is 10.0. The highest BCUT2D eigenvalue weighted by Gasteiger charge is 2.15. The molecule has 106 valence electrons. The van der Waals surface area contributed by atoms with Crippen LogP contribution in [0.1, 0.15) is 45.2 Å². The SMILES string of the molecule is CC(C)c1ccc(CC(=O)NC2CCNCC2)cc1.[HH]. The molecule has 0 aromatic heterocycles. The Balaban J connectivity index is 0.00000200. The standard InChI is InChI=1S/C16H24N2O.H2/c1-12(2)14-5-3-13(4-6-14)11-16(19)18-15-7-9-17-10-8-15;/h3-6,12,15,17H,7-11H2,1-2H3,(H,18,19);1H. The Morgan fingerprint density at radius 3 is 2.53 bits per heavy atom. The molecule has 0 atom stereocenters. The van der Waals surface area contributed by atoms with Gasteiger partial charge in [0.05, 0.1) is 6.42 Å². The van der Waals surface area contributed by atoms with Gasteiger partial charge in [-0.15, -0.1) is 0 Å². The first-order valence-corrected chi connectivity index (χ1v) is 7.24. The number of hydrogen-bond donors (Lipinski definition) is 2. The van der Waals surface area contributed by atoms with Crippen LogP contribution < -0.4 is 10.6 Å². The van der Waals surface area contributed by atoms with Crippen LogP contribution in [0.3, 0.4) is 0 Å². The minimum Gasteiger partial charge on any atom is -0.353 e. The molecule has 19 heavy (non-hydrogen) atoms. The van der Waals surface area contributed by atoms with E-state index < -0.39 is 0 Å². The van der Waals surface area contributed by atoms with Crippen LogP contribution in [0.25, 0.3) is 0 Å². The van der Waals surface area contributed by atoms with Crippen molar-refractivity contribution in [1.29, 1.82) is 0 Å². The van der Waals surface area contributed by atoms with Gasteiger partial charge in [0.25, 0.3) is 0 Å². The molecule has 1 amide bonds. The first-order valence-electron chi connectivity index (χ1n) is 7.24. The highest BCUT2D eigenvalue weighted by atomic mass is 16.1. The van der Waals surface area contributed by atoms with Crippen molar-refractivity contribution >= 4 is 5.91 Å². The van der Waals surface area contributed by atoms with Gasteiger partial charge in [0.15, 0.2) is 0 Å². The van der Waals surface area contributed by atoms with Crippen molar-refractivity contribution in [3.05, 3.63) is 35.4 Å². The molecule has 1 aliphatic rings. The summed E-state index contributed by atoms with van der Waals surface area (Å²) in [5.74, 6) is 0.682. The predicted molar refractivity (Wildman–Crippen MR) is 80.4 cm³/mol. The number of piperidine rings is 1. The van der Waals surface area contributed by atoms with Crippen LogP contribution in [0, 0.1) is 0 Å². The Hall–Kier alpha value is -1.35. The van der Waals surface area contributed by atoms with Crippen LogP contribution in [0.2, 0.25) is 0 Å². The van der Waals surface area contributed by atoms with Gasteiger partial charge in [0.2, 0.25) is 5.91 Å². The van der Waals surface area contributed by atoms with E-state index in [1.54, 1.807) is 0 Å². The van der Waals surface area contributed by atoms with E-state index >= 15 is 0 Å². The molecule has 2 rings (SSSR count). The van der Waals surface area contributed by atoms with Crippen molar-refractivity contribution in [2.75, 3.05) is 13.1 Å². The molecule has 0 saturated carbocycles. The summed E-state index contributed by atoms with van der Waals surface area (Å²) < 4.78 is 0. The number of rotatable bonds is 4. The Bertz CT molecular complexity index is 411. The number of benzene rings is 1. The van der Waals surface area contributed by atoms with Crippen molar-refractivity contribution in [2.24, 2.45) is 0 Å². The molecule has 0 spiro atoms. The molecule has 2 N–H and O–H groups in total. The molecule has 1 aromatic carbocycles. The second kappa shape index (κ2) is 6.71. The van der Waals surface area contributed by atoms with Crippen LogP contribution >= 0.6 is 0 Å². The molecule has 1 aliphatic heterocycles. The van der Waals surface area contributed by atoms with E-state index in [0.29, 0.717) is 18.4 Å². The van der Waals surface area contributed by atoms with Crippen molar-refractivity contribution in [1.82, 2.24) is 10.6 Å². The van der Waals surface area contributed by atoms with E-state index in [9.17, 15) is 4.79 Å². The maximum absolute atomic E-state index is 12.0. The van der Waals surface area contributed by atoms with Crippen LogP contribution in [0.4, 0.5) is 0 Å². The molecule has 0 aliphatic carbocycles. The fourth-order valence-corrected chi connectivity index (χ4v) is 2.45. The summed E-state index contributed by atoms with van der Waals surface area (Å²) in [5, 5.41) is 6.43. The Morgan fingerprint density at radius 1 is 1.32 bits per heavy atom. The summed E-state index contributed by atoms with van der Waals surface area (Å²) in [5.41, 5.74) is 2.42. The van der Waals surface area contributed by atoms with E-state index in [2.05, 4.69) is 48.7 Å². The van der Waals surface area contributed by atoms with Crippen LogP contribution in [-0.4, -0.2) is 25.0 Å². The van der Waals surface area contributed by atoms with Gasteiger partial charge < -0.3 is 10.6 Å². The van der Waals surface area contributed by atoms with Crippen LogP contribution in [0.5, 0.6) is 0 Å². The molecule has 1 saturated heterocycles. The quantitative estimate of drug-likeness (QED) is 0.875. The summed E-state index contributed by atoms with van der Waals surface area (Å²) in [6, 6.07) is 8.73. The van der Waals surface area contributed by atoms with Crippen LogP contribution in [0.15, 0.2) is 24.3 Å². The minimum absolute atomic E-state index is 0. The van der Waals surface area contributed by atoms with E-state index in [0.717, 1.165) is 31.5 Å². The van der Waals surface area contributed by atoms with Gasteiger partial charge in [0.1, 0.15) is 0 Å². The normalized spacial score (nSPS) is 16.6. The van der Waals surface area contributed by atoms with E-state index in [-0.39, 0.29) is 7.33 Å². The maximum Gasteiger partial charge on any atom is 0.224 e. The number of carbonyl (C=O) groups is 1. The number of carbonyl (C=O) groups excluding carboxylic acids is 1. The fraction of sp³-hybridized carbons (Fsp3) is 0.562. The largest absolute Gasteiger partial charge is 0.353 e. The first kappa shape index (κ1) is 14.1. The maximum atomic E-state index is 12.0. The van der Waals surface area contributed by atoms with Gasteiger partial charge >= 0.3 is 0 Å². The summed E-state index contributed by atoms with van der Waals surface area (Å²) >= 11 is 0. The number of amides is 1. The third-order valence-electron chi connectivity index (χ3n) is 3.72. The third-order valence-corrected chi connectivity index (χ3v) is 3.72. The molecule has 1 aromatic rings. The monoisotopic (exact) mass is 262 g/mol. The summed E-state index contributed by atoms with van der Waals surface area (Å²) in [4.78, 5) is 12.0. The zero-order chi connectivity index (χ0) is 13.7. The average molecular weight is 262 g/mol. The fourth-order valence-electron chi connectivity index (χ4n) is 2.45. The zero-order valence-electron chi connectivity index (χ0n) is 11.9. The number of nitrogens with one attached hydrogen (secondary N) is 2. The second-order valence-electron chi connectivity index (χ2n) is 5.66. The van der Waals surface area contributed by atoms with Gasteiger partial charge in [-0.1, -0.05) is 38.1 Å². The lowest BCUT2D eigenvalue weighted by molar-refractivity contribution is -0.121. The Morgan fingerprint density at radius 2 is 1.95 bits per heavy atom. The lowest BCUT2D eigenvalue weighted by Gasteiger charge is -2.23. The van der Waals surface area contributed by atoms with E-state index in [1.165, 1.54) is 5.56 Å². The molecule has 0 unspecified atom stereocenters. The summed E-state index contributed by atoms with van der Waals surface area (Å²) in [7, 11) is 0. The molecule has 3 nitrogen and oxygen atoms in total. The topological polar surface area (TPSA) is 41.1 Å². The van der Waals surface area contributed by atoms with E-state index in [1.807, 2.05) is 0 Å². The Kier molecular flexibility index (Phi) is 4.97. The summed E-state index contributed by atoms with van der Waals surface area (Å²) in [6.07, 6.45) is 2.57. The lowest BCUT2D eigenvalue weighted by Crippen LogP contribution is -2.43. The smallest absolute Gasteiger partial charge is 0.224 e. The first-order chi connectivity index (χ1) is 9.15. The van der Waals surface area contributed by atoms with Gasteiger partial charge in [-0.05, 0) is 43.0 Å². The van der Waals surface area contributed by atoms with E-state index in [4.69, 9.17) is 0 Å². The molecule has 0 radical (unpaired) electrons. The predicted octanol–water partition coefficient (Wildman–Crippen LogP) is 2.47. The van der Waals surface area contributed by atoms with Gasteiger partial charge in [-0.2, -0.15) is 0 Å². The second-order valence-corrected chi connectivity index (χ2v) is 5.66. The molecule has 0 bridgehead atoms. The number of hydrogen-bond acceptors (Lipinski definition) is 2. The van der Waals surface area contributed by atoms with Crippen molar-refractivity contribution in [2.45, 2.75) is 45.1 Å². The average Bonchev–Trinajstić information content (AvgIpc) is 2.40. The Labute approximate surface area is 117 Å². The highest BCUT2D eigenvalue weighted by molar-refractivity contribution is 5.78. The minimum atomic E-state index is 0. The van der Waals surface area contributed by atoms with Crippen molar-refractivity contribution < 1.29 is 6.22 Å². The molecular weight excluding hydrogens is 236 g/mol. The van der Waals surface area contributed by atoms with Crippen molar-refractivity contribution in [3.63, 3.8) is 0 Å². The van der Waals surface area contributed by atoms with Crippen molar-refractivity contribution in [3.8, 4) is 0 Å². The molecular formula is C16H26N2O. The molecule has 1 fully saturated rings. The van der Waals surface area contributed by atoms with Crippen LogP contribution in [-0.2, 0) is 11.2 Å². The van der Waals surface area contributed by atoms with Gasteiger partial charge in [0, 0.05) is 7.47 Å². The van der Waals surface area contributed by atoms with Gasteiger partial charge in [-0.3, -0.25) is 4.79 Å². The zero-order valence-corrected chi connectivity index (χ0v) is 11.9. The summed E-state index contributed by atoms with van der Waals surface area (Å²) in [6.45, 7) is 6.37. The molecule has 1 heterocycles. The molecule has 3 heteroatoms.